The van der Waals surface area contributed by atoms with Crippen molar-refractivity contribution in [1.29, 1.82) is 0 Å². The number of aromatic nitrogens is 3. The molecule has 1 N–H and O–H groups in total. The number of anilines is 1. The zero-order chi connectivity index (χ0) is 16.4. The second kappa shape index (κ2) is 6.20. The molecule has 0 aliphatic carbocycles. The molecule has 3 rings (SSSR count). The molecule has 120 valence electrons. The van der Waals surface area contributed by atoms with Gasteiger partial charge < -0.3 is 14.6 Å². The van der Waals surface area contributed by atoms with E-state index >= 15 is 0 Å². The van der Waals surface area contributed by atoms with Crippen molar-refractivity contribution in [3.63, 3.8) is 0 Å². The third-order valence-electron chi connectivity index (χ3n) is 3.69. The highest BCUT2D eigenvalue weighted by molar-refractivity contribution is 5.88. The maximum absolute atomic E-state index is 14.2. The van der Waals surface area contributed by atoms with Crippen LogP contribution in [-0.2, 0) is 6.54 Å². The highest BCUT2D eigenvalue weighted by Crippen LogP contribution is 2.32. The molecule has 1 aromatic carbocycles. The second-order valence-corrected chi connectivity index (χ2v) is 5.10. The van der Waals surface area contributed by atoms with Gasteiger partial charge in [0.15, 0.2) is 11.6 Å². The van der Waals surface area contributed by atoms with Gasteiger partial charge in [0.2, 0.25) is 0 Å². The summed E-state index contributed by atoms with van der Waals surface area (Å²) in [5.41, 5.74) is 1.04. The number of benzene rings is 1. The van der Waals surface area contributed by atoms with Crippen molar-refractivity contribution < 1.29 is 13.5 Å². The van der Waals surface area contributed by atoms with Crippen molar-refractivity contribution in [1.82, 2.24) is 14.5 Å². The van der Waals surface area contributed by atoms with Crippen LogP contribution in [0.5, 0.6) is 5.75 Å². The zero-order valence-corrected chi connectivity index (χ0v) is 12.8. The third kappa shape index (κ3) is 2.81. The van der Waals surface area contributed by atoms with Crippen LogP contribution in [-0.4, -0.2) is 28.2 Å². The molecule has 0 atom stereocenters. The van der Waals surface area contributed by atoms with Gasteiger partial charge in [-0.3, -0.25) is 0 Å². The normalized spacial score (nSPS) is 11.0. The van der Waals surface area contributed by atoms with E-state index in [9.17, 15) is 8.78 Å². The van der Waals surface area contributed by atoms with Crippen LogP contribution < -0.4 is 10.1 Å². The van der Waals surface area contributed by atoms with E-state index in [1.807, 2.05) is 6.92 Å². The Hall–Kier alpha value is -2.70. The number of ether oxygens (including phenoxy) is 1. The molecule has 0 aliphatic heterocycles. The van der Waals surface area contributed by atoms with E-state index < -0.39 is 11.6 Å². The van der Waals surface area contributed by atoms with Gasteiger partial charge in [0.05, 0.1) is 12.6 Å². The Morgan fingerprint density at radius 1 is 1.30 bits per heavy atom. The Morgan fingerprint density at radius 3 is 2.83 bits per heavy atom. The predicted molar refractivity (Wildman–Crippen MR) is 83.7 cm³/mol. The molecule has 0 bridgehead atoms. The molecule has 0 unspecified atom stereocenters. The first-order valence-electron chi connectivity index (χ1n) is 7.13. The van der Waals surface area contributed by atoms with Gasteiger partial charge >= 0.3 is 0 Å². The number of fused-ring (bicyclic) bond motifs is 1. The van der Waals surface area contributed by atoms with Gasteiger partial charge in [-0.05, 0) is 19.1 Å². The molecular weight excluding hydrogens is 302 g/mol. The molecule has 0 amide bonds. The summed E-state index contributed by atoms with van der Waals surface area (Å²) in [6.45, 7) is 2.82. The van der Waals surface area contributed by atoms with Crippen molar-refractivity contribution >= 4 is 16.7 Å². The molecule has 0 spiro atoms. The number of hydrogen-bond donors (Lipinski definition) is 1. The monoisotopic (exact) mass is 318 g/mol. The van der Waals surface area contributed by atoms with Gasteiger partial charge in [0.25, 0.3) is 0 Å². The lowest BCUT2D eigenvalue weighted by Gasteiger charge is -2.11. The van der Waals surface area contributed by atoms with E-state index in [0.717, 1.165) is 11.8 Å². The van der Waals surface area contributed by atoms with Crippen molar-refractivity contribution in [3.05, 3.63) is 48.1 Å². The average Bonchev–Trinajstić information content (AvgIpc) is 2.89. The average molecular weight is 318 g/mol. The molecule has 2 heterocycles. The van der Waals surface area contributed by atoms with Crippen LogP contribution in [0, 0.1) is 18.6 Å². The van der Waals surface area contributed by atoms with Gasteiger partial charge in [-0.25, -0.2) is 18.7 Å². The van der Waals surface area contributed by atoms with E-state index in [0.29, 0.717) is 30.0 Å². The minimum atomic E-state index is -0.919. The fourth-order valence-electron chi connectivity index (χ4n) is 2.62. The topological polar surface area (TPSA) is 52.0 Å². The van der Waals surface area contributed by atoms with E-state index in [1.165, 1.54) is 13.4 Å². The largest absolute Gasteiger partial charge is 0.496 e. The Labute approximate surface area is 131 Å². The number of nitrogens with one attached hydrogen (secondary N) is 1. The van der Waals surface area contributed by atoms with Gasteiger partial charge in [0.1, 0.15) is 17.9 Å². The molecule has 0 aliphatic rings. The van der Waals surface area contributed by atoms with E-state index in [2.05, 4.69) is 15.3 Å². The van der Waals surface area contributed by atoms with Crippen LogP contribution in [0.1, 0.15) is 5.69 Å². The first-order chi connectivity index (χ1) is 11.1. The lowest BCUT2D eigenvalue weighted by atomic mass is 10.2. The molecule has 5 nitrogen and oxygen atoms in total. The number of halogens is 2. The molecule has 2 aromatic heterocycles. The van der Waals surface area contributed by atoms with Crippen molar-refractivity contribution in [2.45, 2.75) is 13.5 Å². The summed E-state index contributed by atoms with van der Waals surface area (Å²) in [6.07, 6.45) is 3.07. The van der Waals surface area contributed by atoms with Crippen LogP contribution >= 0.6 is 0 Å². The fourth-order valence-corrected chi connectivity index (χ4v) is 2.62. The molecule has 0 fully saturated rings. The SMILES string of the molecule is COc1cc(F)c(F)c2c1cc(C)n2CCNc1ccncn1. The second-order valence-electron chi connectivity index (χ2n) is 5.10. The van der Waals surface area contributed by atoms with Gasteiger partial charge in [-0.2, -0.15) is 0 Å². The first kappa shape index (κ1) is 15.2. The van der Waals surface area contributed by atoms with Gasteiger partial charge in [-0.1, -0.05) is 0 Å². The van der Waals surface area contributed by atoms with Crippen molar-refractivity contribution in [2.75, 3.05) is 19.0 Å². The number of hydrogen-bond acceptors (Lipinski definition) is 4. The molecule has 7 heteroatoms. The predicted octanol–water partition coefficient (Wildman–Crippen LogP) is 3.14. The molecule has 23 heavy (non-hydrogen) atoms. The summed E-state index contributed by atoms with van der Waals surface area (Å²) in [5.74, 6) is -0.781. The highest BCUT2D eigenvalue weighted by Gasteiger charge is 2.18. The molecular formula is C16H16F2N4O. The van der Waals surface area contributed by atoms with Crippen LogP contribution in [0.2, 0.25) is 0 Å². The number of nitrogens with zero attached hydrogens (tertiary/aromatic N) is 3. The molecule has 0 saturated heterocycles. The smallest absolute Gasteiger partial charge is 0.183 e. The highest BCUT2D eigenvalue weighted by atomic mass is 19.2. The third-order valence-corrected chi connectivity index (χ3v) is 3.69. The van der Waals surface area contributed by atoms with Crippen molar-refractivity contribution in [2.24, 2.45) is 0 Å². The maximum atomic E-state index is 14.2. The van der Waals surface area contributed by atoms with Gasteiger partial charge in [-0.15, -0.1) is 0 Å². The maximum Gasteiger partial charge on any atom is 0.183 e. The Kier molecular flexibility index (Phi) is 4.10. The summed E-state index contributed by atoms with van der Waals surface area (Å²) in [4.78, 5) is 7.89. The first-order valence-corrected chi connectivity index (χ1v) is 7.13. The lowest BCUT2D eigenvalue weighted by molar-refractivity contribution is 0.412. The lowest BCUT2D eigenvalue weighted by Crippen LogP contribution is -2.13. The quantitative estimate of drug-likeness (QED) is 0.785. The summed E-state index contributed by atoms with van der Waals surface area (Å²) < 4.78 is 34.9. The molecule has 3 aromatic rings. The van der Waals surface area contributed by atoms with Crippen LogP contribution in [0.25, 0.3) is 10.9 Å². The summed E-state index contributed by atoms with van der Waals surface area (Å²) in [7, 11) is 1.44. The Bertz CT molecular complexity index is 833. The summed E-state index contributed by atoms with van der Waals surface area (Å²) in [6, 6.07) is 4.60. The molecule has 0 saturated carbocycles. The van der Waals surface area contributed by atoms with Crippen molar-refractivity contribution in [3.8, 4) is 5.75 Å². The number of aryl methyl sites for hydroxylation is 1. The molecule has 0 radical (unpaired) electrons. The zero-order valence-electron chi connectivity index (χ0n) is 12.8. The standard InChI is InChI=1S/C16H16F2N4O/c1-10-7-11-13(23-2)8-12(17)15(18)16(11)22(10)6-5-20-14-3-4-19-9-21-14/h3-4,7-9H,5-6H2,1-2H3,(H,19,20,21). The summed E-state index contributed by atoms with van der Waals surface area (Å²) in [5, 5.41) is 3.68. The Balaban J connectivity index is 1.91. The number of methoxy groups -OCH3 is 1. The summed E-state index contributed by atoms with van der Waals surface area (Å²) >= 11 is 0. The van der Waals surface area contributed by atoms with E-state index in [1.54, 1.807) is 22.9 Å². The minimum absolute atomic E-state index is 0.212. The van der Waals surface area contributed by atoms with Crippen LogP contribution in [0.15, 0.2) is 30.7 Å². The van der Waals surface area contributed by atoms with Crippen LogP contribution in [0.4, 0.5) is 14.6 Å². The van der Waals surface area contributed by atoms with Crippen LogP contribution in [0.3, 0.4) is 0 Å². The number of rotatable bonds is 5. The van der Waals surface area contributed by atoms with Gasteiger partial charge in [0, 0.05) is 36.4 Å². The fraction of sp³-hybridized carbons (Fsp3) is 0.250. The Morgan fingerprint density at radius 2 is 2.13 bits per heavy atom. The van der Waals surface area contributed by atoms with E-state index in [4.69, 9.17) is 4.74 Å². The minimum Gasteiger partial charge on any atom is -0.496 e. The van der Waals surface area contributed by atoms with E-state index in [-0.39, 0.29) is 5.52 Å².